The van der Waals surface area contributed by atoms with Crippen LogP contribution in [0.15, 0.2) is 0 Å². The fourth-order valence-corrected chi connectivity index (χ4v) is 3.91. The van der Waals surface area contributed by atoms with Gasteiger partial charge >= 0.3 is 0 Å². The van der Waals surface area contributed by atoms with E-state index in [1.807, 2.05) is 0 Å². The maximum Gasteiger partial charge on any atom is 0.169 e. The third-order valence-electron chi connectivity index (χ3n) is 4.74. The molecule has 16 heavy (non-hydrogen) atoms. The lowest BCUT2D eigenvalue weighted by atomic mass is 9.81. The maximum atomic E-state index is 6.09. The predicted molar refractivity (Wildman–Crippen MR) is 63.2 cm³/mol. The van der Waals surface area contributed by atoms with E-state index in [0.717, 1.165) is 32.0 Å². The van der Waals surface area contributed by atoms with Crippen LogP contribution >= 0.6 is 0 Å². The Labute approximate surface area is 98.7 Å². The standard InChI is InChI=1S/C14H24O2/c1-13-7-4-8-15-14(10-13,16-11-13)9-12-5-2-3-6-12/h12H,2-11H2,1H3. The van der Waals surface area contributed by atoms with Gasteiger partial charge in [-0.1, -0.05) is 32.6 Å². The fraction of sp³-hybridized carbons (Fsp3) is 1.00. The monoisotopic (exact) mass is 224 g/mol. The van der Waals surface area contributed by atoms with Crippen LogP contribution in [-0.4, -0.2) is 19.0 Å². The number of rotatable bonds is 2. The first-order valence-electron chi connectivity index (χ1n) is 6.98. The van der Waals surface area contributed by atoms with E-state index in [2.05, 4.69) is 6.92 Å². The van der Waals surface area contributed by atoms with E-state index in [9.17, 15) is 0 Å². The number of ether oxygens (including phenoxy) is 2. The van der Waals surface area contributed by atoms with E-state index in [1.165, 1.54) is 38.5 Å². The molecule has 2 heteroatoms. The molecular weight excluding hydrogens is 200 g/mol. The lowest BCUT2D eigenvalue weighted by Gasteiger charge is -2.30. The normalized spacial score (nSPS) is 44.8. The summed E-state index contributed by atoms with van der Waals surface area (Å²) in [5.41, 5.74) is 0.398. The fourth-order valence-electron chi connectivity index (χ4n) is 3.91. The Balaban J connectivity index is 1.70. The lowest BCUT2D eigenvalue weighted by molar-refractivity contribution is -0.220. The van der Waals surface area contributed by atoms with Crippen molar-refractivity contribution in [3.63, 3.8) is 0 Å². The van der Waals surface area contributed by atoms with Gasteiger partial charge in [0.25, 0.3) is 0 Å². The van der Waals surface area contributed by atoms with Crippen LogP contribution in [0.25, 0.3) is 0 Å². The highest BCUT2D eigenvalue weighted by Crippen LogP contribution is 2.49. The summed E-state index contributed by atoms with van der Waals surface area (Å²) in [7, 11) is 0. The van der Waals surface area contributed by atoms with Crippen molar-refractivity contribution in [2.24, 2.45) is 11.3 Å². The van der Waals surface area contributed by atoms with Crippen molar-refractivity contribution in [1.82, 2.24) is 0 Å². The molecule has 0 aromatic carbocycles. The molecule has 2 bridgehead atoms. The average molecular weight is 224 g/mol. The van der Waals surface area contributed by atoms with Gasteiger partial charge in [0, 0.05) is 12.8 Å². The van der Waals surface area contributed by atoms with Gasteiger partial charge in [-0.2, -0.15) is 0 Å². The van der Waals surface area contributed by atoms with Gasteiger partial charge in [-0.25, -0.2) is 0 Å². The van der Waals surface area contributed by atoms with Gasteiger partial charge in [-0.05, 0) is 24.2 Å². The summed E-state index contributed by atoms with van der Waals surface area (Å²) in [6.45, 7) is 4.19. The van der Waals surface area contributed by atoms with Gasteiger partial charge < -0.3 is 9.47 Å². The second kappa shape index (κ2) is 3.99. The molecule has 3 rings (SSSR count). The third kappa shape index (κ3) is 2.02. The molecule has 2 aliphatic heterocycles. The Bertz CT molecular complexity index is 255. The zero-order valence-electron chi connectivity index (χ0n) is 10.5. The van der Waals surface area contributed by atoms with Gasteiger partial charge in [-0.15, -0.1) is 0 Å². The van der Waals surface area contributed by atoms with E-state index in [4.69, 9.17) is 9.47 Å². The van der Waals surface area contributed by atoms with Gasteiger partial charge in [-0.3, -0.25) is 0 Å². The van der Waals surface area contributed by atoms with Crippen LogP contribution in [0.3, 0.4) is 0 Å². The van der Waals surface area contributed by atoms with Gasteiger partial charge in [0.1, 0.15) is 0 Å². The van der Waals surface area contributed by atoms with Crippen LogP contribution in [0.1, 0.15) is 58.3 Å². The summed E-state index contributed by atoms with van der Waals surface area (Å²) in [5, 5.41) is 0. The smallest absolute Gasteiger partial charge is 0.169 e. The molecule has 2 heterocycles. The Hall–Kier alpha value is -0.0800. The van der Waals surface area contributed by atoms with Crippen LogP contribution in [0, 0.1) is 11.3 Å². The molecule has 2 unspecified atom stereocenters. The molecule has 0 radical (unpaired) electrons. The SMILES string of the molecule is CC12CCCOC(CC3CCCC3)(C1)OC2. The Morgan fingerprint density at radius 1 is 1.12 bits per heavy atom. The molecule has 1 aliphatic carbocycles. The second-order valence-corrected chi connectivity index (χ2v) is 6.49. The molecule has 0 aromatic rings. The first kappa shape index (κ1) is 11.0. The first-order chi connectivity index (χ1) is 7.70. The Morgan fingerprint density at radius 3 is 2.75 bits per heavy atom. The van der Waals surface area contributed by atoms with E-state index < -0.39 is 0 Å². The van der Waals surface area contributed by atoms with Crippen LogP contribution in [0.2, 0.25) is 0 Å². The first-order valence-corrected chi connectivity index (χ1v) is 6.98. The highest BCUT2D eigenvalue weighted by molar-refractivity contribution is 4.93. The highest BCUT2D eigenvalue weighted by Gasteiger charge is 2.50. The summed E-state index contributed by atoms with van der Waals surface area (Å²) in [4.78, 5) is 0. The Morgan fingerprint density at radius 2 is 1.94 bits per heavy atom. The minimum absolute atomic E-state index is 0.194. The van der Waals surface area contributed by atoms with Crippen molar-refractivity contribution in [3.05, 3.63) is 0 Å². The average Bonchev–Trinajstić information content (AvgIpc) is 2.79. The van der Waals surface area contributed by atoms with Gasteiger partial charge in [0.05, 0.1) is 13.2 Å². The van der Waals surface area contributed by atoms with E-state index in [-0.39, 0.29) is 5.79 Å². The van der Waals surface area contributed by atoms with Crippen molar-refractivity contribution >= 4 is 0 Å². The molecule has 1 saturated carbocycles. The summed E-state index contributed by atoms with van der Waals surface area (Å²) >= 11 is 0. The molecule has 3 aliphatic rings. The number of hydrogen-bond acceptors (Lipinski definition) is 2. The summed E-state index contributed by atoms with van der Waals surface area (Å²) in [5.74, 6) is 0.667. The van der Waals surface area contributed by atoms with E-state index in [1.54, 1.807) is 0 Å². The minimum Gasteiger partial charge on any atom is -0.350 e. The third-order valence-corrected chi connectivity index (χ3v) is 4.74. The maximum absolute atomic E-state index is 6.09. The zero-order chi connectivity index (χ0) is 11.1. The molecular formula is C14H24O2. The largest absolute Gasteiger partial charge is 0.350 e. The lowest BCUT2D eigenvalue weighted by Crippen LogP contribution is -2.34. The van der Waals surface area contributed by atoms with E-state index in [0.29, 0.717) is 5.41 Å². The van der Waals surface area contributed by atoms with Gasteiger partial charge in [0.15, 0.2) is 5.79 Å². The second-order valence-electron chi connectivity index (χ2n) is 6.49. The van der Waals surface area contributed by atoms with Crippen LogP contribution in [0.4, 0.5) is 0 Å². The molecule has 0 amide bonds. The van der Waals surface area contributed by atoms with E-state index >= 15 is 0 Å². The zero-order valence-corrected chi connectivity index (χ0v) is 10.5. The number of hydrogen-bond donors (Lipinski definition) is 0. The molecule has 2 nitrogen and oxygen atoms in total. The highest BCUT2D eigenvalue weighted by atomic mass is 16.7. The van der Waals surface area contributed by atoms with Crippen molar-refractivity contribution in [3.8, 4) is 0 Å². The molecule has 0 spiro atoms. The van der Waals surface area contributed by atoms with Gasteiger partial charge in [0.2, 0.25) is 0 Å². The van der Waals surface area contributed by atoms with Crippen molar-refractivity contribution < 1.29 is 9.47 Å². The van der Waals surface area contributed by atoms with Crippen LogP contribution < -0.4 is 0 Å². The van der Waals surface area contributed by atoms with Crippen molar-refractivity contribution in [2.75, 3.05) is 13.2 Å². The molecule has 0 N–H and O–H groups in total. The molecule has 0 aromatic heterocycles. The van der Waals surface area contributed by atoms with Crippen LogP contribution in [0.5, 0.6) is 0 Å². The summed E-state index contributed by atoms with van der Waals surface area (Å²) < 4.78 is 12.2. The minimum atomic E-state index is -0.194. The Kier molecular flexibility index (Phi) is 2.75. The molecule has 3 fully saturated rings. The van der Waals surface area contributed by atoms with Crippen molar-refractivity contribution in [2.45, 2.75) is 64.1 Å². The molecule has 2 saturated heterocycles. The summed E-state index contributed by atoms with van der Waals surface area (Å²) in [6.07, 6.45) is 10.4. The number of fused-ring (bicyclic) bond motifs is 2. The molecule has 2 atom stereocenters. The van der Waals surface area contributed by atoms with Crippen molar-refractivity contribution in [1.29, 1.82) is 0 Å². The van der Waals surface area contributed by atoms with Crippen LogP contribution in [-0.2, 0) is 9.47 Å². The quantitative estimate of drug-likeness (QED) is 0.714. The topological polar surface area (TPSA) is 18.5 Å². The summed E-state index contributed by atoms with van der Waals surface area (Å²) in [6, 6.07) is 0. The molecule has 92 valence electrons. The predicted octanol–water partition coefficient (Wildman–Crippen LogP) is 3.50.